The number of carboxylic acid groups (broad SMARTS) is 2. The fourth-order valence-electron chi connectivity index (χ4n) is 3.04. The van der Waals surface area contributed by atoms with E-state index >= 15 is 0 Å². The van der Waals surface area contributed by atoms with Gasteiger partial charge in [-0.15, -0.1) is 0 Å². The van der Waals surface area contributed by atoms with Crippen LogP contribution in [0.25, 0.3) is 0 Å². The van der Waals surface area contributed by atoms with E-state index in [1.807, 2.05) is 0 Å². The maximum Gasteiger partial charge on any atom is 0.326 e. The lowest BCUT2D eigenvalue weighted by Crippen LogP contribution is -2.57. The first-order valence-corrected chi connectivity index (χ1v) is 11.3. The number of hydrogen-bond acceptors (Lipinski definition) is 8. The first kappa shape index (κ1) is 32.2. The predicted molar refractivity (Wildman–Crippen MR) is 125 cm³/mol. The molecular formula is C21H36N6O9. The maximum absolute atomic E-state index is 12.9. The van der Waals surface area contributed by atoms with Gasteiger partial charge < -0.3 is 43.4 Å². The first-order chi connectivity index (χ1) is 16.6. The lowest BCUT2D eigenvalue weighted by molar-refractivity contribution is -0.143. The fourth-order valence-corrected chi connectivity index (χ4v) is 3.04. The van der Waals surface area contributed by atoms with Crippen LogP contribution in [0.15, 0.2) is 0 Å². The zero-order valence-electron chi connectivity index (χ0n) is 20.3. The smallest absolute Gasteiger partial charge is 0.326 e. The molecule has 0 aromatic heterocycles. The van der Waals surface area contributed by atoms with Crippen LogP contribution in [0.3, 0.4) is 0 Å². The number of hydrogen-bond donors (Lipinski definition) is 8. The number of aliphatic carboxylic acids is 2. The molecule has 0 aliphatic rings. The molecule has 0 aliphatic carbocycles. The van der Waals surface area contributed by atoms with Crippen LogP contribution in [-0.4, -0.2) is 75.9 Å². The van der Waals surface area contributed by atoms with E-state index in [2.05, 4.69) is 16.0 Å². The average Bonchev–Trinajstić information content (AvgIpc) is 2.75. The van der Waals surface area contributed by atoms with Crippen molar-refractivity contribution in [3.8, 4) is 0 Å². The Balaban J connectivity index is 5.63. The van der Waals surface area contributed by atoms with E-state index in [0.717, 1.165) is 0 Å². The third kappa shape index (κ3) is 13.8. The van der Waals surface area contributed by atoms with E-state index in [1.165, 1.54) is 0 Å². The van der Waals surface area contributed by atoms with Crippen molar-refractivity contribution in [2.24, 2.45) is 23.1 Å². The molecule has 0 rings (SSSR count). The van der Waals surface area contributed by atoms with Crippen LogP contribution >= 0.6 is 0 Å². The highest BCUT2D eigenvalue weighted by Crippen LogP contribution is 2.08. The van der Waals surface area contributed by atoms with Gasteiger partial charge in [-0.1, -0.05) is 13.8 Å². The van der Waals surface area contributed by atoms with E-state index in [1.54, 1.807) is 13.8 Å². The summed E-state index contributed by atoms with van der Waals surface area (Å²) in [6, 6.07) is -5.34. The van der Waals surface area contributed by atoms with Crippen LogP contribution < -0.4 is 33.2 Å². The van der Waals surface area contributed by atoms with Crippen LogP contribution in [0.4, 0.5) is 0 Å². The van der Waals surface area contributed by atoms with Crippen molar-refractivity contribution in [2.45, 2.75) is 83.0 Å². The van der Waals surface area contributed by atoms with Crippen molar-refractivity contribution in [3.05, 3.63) is 0 Å². The van der Waals surface area contributed by atoms with Crippen molar-refractivity contribution in [1.29, 1.82) is 0 Å². The number of carboxylic acids is 2. The number of amides is 5. The van der Waals surface area contributed by atoms with Gasteiger partial charge in [-0.2, -0.15) is 0 Å². The Kier molecular flexibility index (Phi) is 14.4. The second kappa shape index (κ2) is 16.0. The minimum absolute atomic E-state index is 0.0838. The largest absolute Gasteiger partial charge is 0.481 e. The molecule has 204 valence electrons. The molecule has 11 N–H and O–H groups in total. The molecular weight excluding hydrogens is 480 g/mol. The van der Waals surface area contributed by atoms with E-state index in [9.17, 15) is 38.7 Å². The average molecular weight is 517 g/mol. The predicted octanol–water partition coefficient (Wildman–Crippen LogP) is -2.71. The molecule has 0 aromatic carbocycles. The molecule has 36 heavy (non-hydrogen) atoms. The van der Waals surface area contributed by atoms with Gasteiger partial charge in [-0.25, -0.2) is 4.79 Å². The van der Waals surface area contributed by atoms with Crippen LogP contribution in [0, 0.1) is 5.92 Å². The van der Waals surface area contributed by atoms with Crippen molar-refractivity contribution in [3.63, 3.8) is 0 Å². The molecule has 0 spiro atoms. The third-order valence-electron chi connectivity index (χ3n) is 4.95. The minimum atomic E-state index is -1.44. The number of carbonyl (C=O) groups is 7. The number of carbonyl (C=O) groups excluding carboxylic acids is 5. The summed E-state index contributed by atoms with van der Waals surface area (Å²) in [4.78, 5) is 82.7. The van der Waals surface area contributed by atoms with E-state index in [-0.39, 0.29) is 44.4 Å². The van der Waals surface area contributed by atoms with Gasteiger partial charge in [0.1, 0.15) is 18.1 Å². The molecule has 4 unspecified atom stereocenters. The Morgan fingerprint density at radius 2 is 1.08 bits per heavy atom. The molecule has 0 bridgehead atoms. The summed E-state index contributed by atoms with van der Waals surface area (Å²) in [6.07, 6.45) is -1.73. The van der Waals surface area contributed by atoms with Crippen molar-refractivity contribution in [1.82, 2.24) is 16.0 Å². The lowest BCUT2D eigenvalue weighted by Gasteiger charge is -2.25. The standard InChI is InChI=1S/C21H36N6O9/c1-10(2)9-14(21(35)36)27-20(34)12(4-7-16(24)29)26-19(33)13(5-8-17(30)31)25-18(32)11(22)3-6-15(23)28/h10-14H,3-9,22H2,1-2H3,(H2,23,28)(H2,24,29)(H,25,32)(H,26,33)(H,27,34)(H,30,31)(H,35,36). The molecule has 15 heteroatoms. The molecule has 0 aromatic rings. The summed E-state index contributed by atoms with van der Waals surface area (Å²) >= 11 is 0. The summed E-state index contributed by atoms with van der Waals surface area (Å²) in [7, 11) is 0. The van der Waals surface area contributed by atoms with Gasteiger partial charge in [0.05, 0.1) is 6.04 Å². The molecule has 0 fully saturated rings. The molecule has 5 amide bonds. The summed E-state index contributed by atoms with van der Waals surface area (Å²) < 4.78 is 0. The number of nitrogens with two attached hydrogens (primary N) is 3. The number of rotatable bonds is 18. The van der Waals surface area contributed by atoms with Crippen LogP contribution in [0.2, 0.25) is 0 Å². The molecule has 0 radical (unpaired) electrons. The molecule has 0 heterocycles. The fraction of sp³-hybridized carbons (Fsp3) is 0.667. The first-order valence-electron chi connectivity index (χ1n) is 11.3. The SMILES string of the molecule is CC(C)CC(NC(=O)C(CCC(N)=O)NC(=O)C(CCC(=O)O)NC(=O)C(N)CCC(N)=O)C(=O)O. The maximum atomic E-state index is 12.9. The summed E-state index contributed by atoms with van der Waals surface area (Å²) in [5, 5.41) is 25.2. The highest BCUT2D eigenvalue weighted by Gasteiger charge is 2.31. The van der Waals surface area contributed by atoms with Gasteiger partial charge in [0, 0.05) is 19.3 Å². The van der Waals surface area contributed by atoms with E-state index < -0.39 is 72.1 Å². The molecule has 0 saturated carbocycles. The third-order valence-corrected chi connectivity index (χ3v) is 4.95. The lowest BCUT2D eigenvalue weighted by atomic mass is 10.0. The Morgan fingerprint density at radius 1 is 0.667 bits per heavy atom. The number of nitrogens with one attached hydrogen (secondary N) is 3. The van der Waals surface area contributed by atoms with Crippen molar-refractivity contribution < 1.29 is 43.8 Å². The van der Waals surface area contributed by atoms with Gasteiger partial charge in [-0.3, -0.25) is 28.8 Å². The highest BCUT2D eigenvalue weighted by molar-refractivity contribution is 5.94. The topological polar surface area (TPSA) is 274 Å². The quantitative estimate of drug-likeness (QED) is 0.0932. The summed E-state index contributed by atoms with van der Waals surface area (Å²) in [5.41, 5.74) is 15.8. The zero-order valence-corrected chi connectivity index (χ0v) is 20.3. The zero-order chi connectivity index (χ0) is 28.0. The van der Waals surface area contributed by atoms with Gasteiger partial charge in [-0.05, 0) is 31.6 Å². The van der Waals surface area contributed by atoms with E-state index in [4.69, 9.17) is 22.3 Å². The van der Waals surface area contributed by atoms with Gasteiger partial charge in [0.25, 0.3) is 0 Å². The normalized spacial score (nSPS) is 14.1. The molecule has 0 saturated heterocycles. The minimum Gasteiger partial charge on any atom is -0.481 e. The second-order valence-corrected chi connectivity index (χ2v) is 8.70. The molecule has 0 aliphatic heterocycles. The van der Waals surface area contributed by atoms with Crippen molar-refractivity contribution >= 4 is 41.5 Å². The van der Waals surface area contributed by atoms with Gasteiger partial charge >= 0.3 is 11.9 Å². The Hall–Kier alpha value is -3.75. The highest BCUT2D eigenvalue weighted by atomic mass is 16.4. The van der Waals surface area contributed by atoms with E-state index in [0.29, 0.717) is 0 Å². The van der Waals surface area contributed by atoms with Crippen LogP contribution in [-0.2, 0) is 33.6 Å². The number of primary amides is 2. The molecule has 15 nitrogen and oxygen atoms in total. The second-order valence-electron chi connectivity index (χ2n) is 8.70. The van der Waals surface area contributed by atoms with Crippen LogP contribution in [0.5, 0.6) is 0 Å². The Bertz CT molecular complexity index is 833. The molecule has 4 atom stereocenters. The monoisotopic (exact) mass is 516 g/mol. The van der Waals surface area contributed by atoms with Gasteiger partial charge in [0.15, 0.2) is 0 Å². The Morgan fingerprint density at radius 3 is 1.50 bits per heavy atom. The summed E-state index contributed by atoms with van der Waals surface area (Å²) in [6.45, 7) is 3.50. The Labute approximate surface area is 207 Å². The van der Waals surface area contributed by atoms with Crippen LogP contribution in [0.1, 0.15) is 58.8 Å². The van der Waals surface area contributed by atoms with Crippen molar-refractivity contribution in [2.75, 3.05) is 0 Å². The van der Waals surface area contributed by atoms with Gasteiger partial charge in [0.2, 0.25) is 29.5 Å². The summed E-state index contributed by atoms with van der Waals surface area (Å²) in [5.74, 6) is -6.85.